The van der Waals surface area contributed by atoms with Crippen molar-refractivity contribution in [3.8, 4) is 0 Å². The molecule has 2 rings (SSSR count). The summed E-state index contributed by atoms with van der Waals surface area (Å²) < 4.78 is 5.34. The maximum Gasteiger partial charge on any atom is 0.335 e. The third-order valence-electron chi connectivity index (χ3n) is 4.04. The van der Waals surface area contributed by atoms with E-state index in [9.17, 15) is 9.59 Å². The van der Waals surface area contributed by atoms with Gasteiger partial charge in [-0.2, -0.15) is 0 Å². The molecule has 1 N–H and O–H groups in total. The summed E-state index contributed by atoms with van der Waals surface area (Å²) in [7, 11) is 1.53. The van der Waals surface area contributed by atoms with Gasteiger partial charge in [-0.05, 0) is 36.6 Å². The van der Waals surface area contributed by atoms with Crippen molar-refractivity contribution in [1.82, 2.24) is 4.90 Å². The Balaban J connectivity index is 2.21. The SMILES string of the molecule is CCC(C)(OC)C(=O)N1Cc2ccc(C(=O)O)cc2C1. The van der Waals surface area contributed by atoms with Gasteiger partial charge in [-0.15, -0.1) is 0 Å². The van der Waals surface area contributed by atoms with Gasteiger partial charge in [0.2, 0.25) is 0 Å². The number of fused-ring (bicyclic) bond motifs is 1. The van der Waals surface area contributed by atoms with E-state index < -0.39 is 11.6 Å². The largest absolute Gasteiger partial charge is 0.478 e. The van der Waals surface area contributed by atoms with E-state index in [2.05, 4.69) is 0 Å². The molecule has 0 spiro atoms. The van der Waals surface area contributed by atoms with Crippen LogP contribution in [0.1, 0.15) is 41.8 Å². The van der Waals surface area contributed by atoms with Crippen molar-refractivity contribution in [2.45, 2.75) is 39.0 Å². The average molecular weight is 277 g/mol. The summed E-state index contributed by atoms with van der Waals surface area (Å²) >= 11 is 0. The molecule has 1 aliphatic heterocycles. The first kappa shape index (κ1) is 14.5. The minimum Gasteiger partial charge on any atom is -0.478 e. The maximum atomic E-state index is 12.5. The van der Waals surface area contributed by atoms with Crippen molar-refractivity contribution in [3.05, 3.63) is 34.9 Å². The highest BCUT2D eigenvalue weighted by Gasteiger charge is 2.37. The Hall–Kier alpha value is -1.88. The van der Waals surface area contributed by atoms with Crippen LogP contribution in [0.4, 0.5) is 0 Å². The van der Waals surface area contributed by atoms with Crippen molar-refractivity contribution in [2.75, 3.05) is 7.11 Å². The molecule has 0 radical (unpaired) electrons. The number of hydrogen-bond donors (Lipinski definition) is 1. The van der Waals surface area contributed by atoms with Crippen LogP contribution < -0.4 is 0 Å². The molecule has 0 bridgehead atoms. The first-order valence-electron chi connectivity index (χ1n) is 6.61. The number of ether oxygens (including phenoxy) is 1. The standard InChI is InChI=1S/C15H19NO4/c1-4-15(2,20-3)14(19)16-8-11-6-5-10(13(17)18)7-12(11)9-16/h5-7H,4,8-9H2,1-3H3,(H,17,18). The number of hydrogen-bond acceptors (Lipinski definition) is 3. The van der Waals surface area contributed by atoms with Crippen LogP contribution in [0, 0.1) is 0 Å². The van der Waals surface area contributed by atoms with Gasteiger partial charge in [-0.3, -0.25) is 4.79 Å². The fraction of sp³-hybridized carbons (Fsp3) is 0.467. The monoisotopic (exact) mass is 277 g/mol. The minimum absolute atomic E-state index is 0.0597. The van der Waals surface area contributed by atoms with E-state index in [4.69, 9.17) is 9.84 Å². The second-order valence-electron chi connectivity index (χ2n) is 5.24. The van der Waals surface area contributed by atoms with Crippen molar-refractivity contribution in [3.63, 3.8) is 0 Å². The van der Waals surface area contributed by atoms with Crippen LogP contribution in [0.3, 0.4) is 0 Å². The molecule has 1 amide bonds. The predicted octanol–water partition coefficient (Wildman–Crippen LogP) is 2.04. The number of carboxylic acids is 1. The van der Waals surface area contributed by atoms with Gasteiger partial charge < -0.3 is 14.7 Å². The lowest BCUT2D eigenvalue weighted by atomic mass is 10.0. The normalized spacial score (nSPS) is 16.6. The lowest BCUT2D eigenvalue weighted by molar-refractivity contribution is -0.154. The predicted molar refractivity (Wildman–Crippen MR) is 73.4 cm³/mol. The third kappa shape index (κ3) is 2.41. The zero-order valence-corrected chi connectivity index (χ0v) is 12.0. The molecular weight excluding hydrogens is 258 g/mol. The van der Waals surface area contributed by atoms with Crippen LogP contribution in [0.2, 0.25) is 0 Å². The van der Waals surface area contributed by atoms with Gasteiger partial charge in [-0.25, -0.2) is 4.79 Å². The Kier molecular flexibility index (Phi) is 3.81. The first-order chi connectivity index (χ1) is 9.41. The summed E-state index contributed by atoms with van der Waals surface area (Å²) in [6.45, 7) is 4.63. The molecule has 108 valence electrons. The summed E-state index contributed by atoms with van der Waals surface area (Å²) in [5.41, 5.74) is 1.33. The highest BCUT2D eigenvalue weighted by molar-refractivity contribution is 5.88. The lowest BCUT2D eigenvalue weighted by Gasteiger charge is -2.30. The molecule has 20 heavy (non-hydrogen) atoms. The molecule has 1 heterocycles. The number of methoxy groups -OCH3 is 1. The quantitative estimate of drug-likeness (QED) is 0.914. The summed E-state index contributed by atoms with van der Waals surface area (Å²) in [5, 5.41) is 9.00. The van der Waals surface area contributed by atoms with Crippen LogP contribution in [-0.2, 0) is 22.6 Å². The van der Waals surface area contributed by atoms with Crippen molar-refractivity contribution in [1.29, 1.82) is 0 Å². The second kappa shape index (κ2) is 5.25. The molecule has 5 heteroatoms. The molecular formula is C15H19NO4. The Morgan fingerprint density at radius 2 is 2.00 bits per heavy atom. The van der Waals surface area contributed by atoms with Gasteiger partial charge in [0.25, 0.3) is 5.91 Å². The van der Waals surface area contributed by atoms with Gasteiger partial charge in [0.1, 0.15) is 5.60 Å². The molecule has 1 atom stereocenters. The number of benzene rings is 1. The third-order valence-corrected chi connectivity index (χ3v) is 4.04. The highest BCUT2D eigenvalue weighted by Crippen LogP contribution is 2.28. The summed E-state index contributed by atoms with van der Waals surface area (Å²) in [6.07, 6.45) is 0.593. The summed E-state index contributed by atoms with van der Waals surface area (Å²) in [4.78, 5) is 25.2. The molecule has 1 aliphatic rings. The Labute approximate surface area is 118 Å². The highest BCUT2D eigenvalue weighted by atomic mass is 16.5. The number of amides is 1. The van der Waals surface area contributed by atoms with Crippen molar-refractivity contribution < 1.29 is 19.4 Å². The van der Waals surface area contributed by atoms with E-state index in [1.54, 1.807) is 30.0 Å². The first-order valence-corrected chi connectivity index (χ1v) is 6.61. The zero-order chi connectivity index (χ0) is 14.9. The molecule has 5 nitrogen and oxygen atoms in total. The summed E-state index contributed by atoms with van der Waals surface area (Å²) in [5.74, 6) is -1.01. The number of carboxylic acid groups (broad SMARTS) is 1. The van der Waals surface area contributed by atoms with Crippen molar-refractivity contribution in [2.24, 2.45) is 0 Å². The molecule has 0 aliphatic carbocycles. The van der Waals surface area contributed by atoms with E-state index in [0.29, 0.717) is 19.5 Å². The maximum absolute atomic E-state index is 12.5. The van der Waals surface area contributed by atoms with Gasteiger partial charge in [0.15, 0.2) is 0 Å². The Morgan fingerprint density at radius 1 is 1.35 bits per heavy atom. The van der Waals surface area contributed by atoms with Gasteiger partial charge in [0, 0.05) is 20.2 Å². The number of nitrogens with zero attached hydrogens (tertiary/aromatic N) is 1. The molecule has 1 unspecified atom stereocenters. The number of aromatic carboxylic acids is 1. The molecule has 1 aromatic rings. The van der Waals surface area contributed by atoms with E-state index >= 15 is 0 Å². The summed E-state index contributed by atoms with van der Waals surface area (Å²) in [6, 6.07) is 4.99. The van der Waals surface area contributed by atoms with E-state index in [-0.39, 0.29) is 11.5 Å². The van der Waals surface area contributed by atoms with Crippen LogP contribution in [0.5, 0.6) is 0 Å². The number of carbonyl (C=O) groups excluding carboxylic acids is 1. The van der Waals surface area contributed by atoms with E-state index in [1.165, 1.54) is 7.11 Å². The van der Waals surface area contributed by atoms with Crippen LogP contribution in [0.15, 0.2) is 18.2 Å². The van der Waals surface area contributed by atoms with Gasteiger partial charge in [-0.1, -0.05) is 13.0 Å². The minimum atomic E-state index is -0.951. The molecule has 0 fully saturated rings. The Morgan fingerprint density at radius 3 is 2.55 bits per heavy atom. The van der Waals surface area contributed by atoms with E-state index in [0.717, 1.165) is 11.1 Å². The second-order valence-corrected chi connectivity index (χ2v) is 5.24. The van der Waals surface area contributed by atoms with E-state index in [1.807, 2.05) is 6.92 Å². The van der Waals surface area contributed by atoms with Crippen molar-refractivity contribution >= 4 is 11.9 Å². The van der Waals surface area contributed by atoms with Crippen LogP contribution in [0.25, 0.3) is 0 Å². The smallest absolute Gasteiger partial charge is 0.335 e. The molecule has 1 aromatic carbocycles. The van der Waals surface area contributed by atoms with Gasteiger partial charge in [0.05, 0.1) is 5.56 Å². The fourth-order valence-corrected chi connectivity index (χ4v) is 2.39. The molecule has 0 saturated carbocycles. The average Bonchev–Trinajstić information content (AvgIpc) is 2.88. The molecule has 0 aromatic heterocycles. The topological polar surface area (TPSA) is 66.8 Å². The van der Waals surface area contributed by atoms with Gasteiger partial charge >= 0.3 is 5.97 Å². The zero-order valence-electron chi connectivity index (χ0n) is 12.0. The van der Waals surface area contributed by atoms with Crippen LogP contribution in [-0.4, -0.2) is 34.6 Å². The van der Waals surface area contributed by atoms with Crippen LogP contribution >= 0.6 is 0 Å². The number of rotatable bonds is 4. The fourth-order valence-electron chi connectivity index (χ4n) is 2.39. The lowest BCUT2D eigenvalue weighted by Crippen LogP contribution is -2.45. The Bertz CT molecular complexity index is 549. The molecule has 0 saturated heterocycles. The number of carbonyl (C=O) groups is 2.